The van der Waals surface area contributed by atoms with Crippen LogP contribution in [-0.2, 0) is 11.3 Å². The summed E-state index contributed by atoms with van der Waals surface area (Å²) in [5, 5.41) is 12.4. The molecule has 2 aromatic rings. The lowest BCUT2D eigenvalue weighted by atomic mass is 10.1. The first-order valence-electron chi connectivity index (χ1n) is 8.83. The average molecular weight is 377 g/mol. The molecule has 134 valence electrons. The fraction of sp³-hybridized carbons (Fsp3) is 0.500. The Morgan fingerprint density at radius 2 is 1.80 bits per heavy atom. The molecule has 7 heteroatoms. The molecule has 0 spiro atoms. The van der Waals surface area contributed by atoms with Gasteiger partial charge in [0.05, 0.1) is 5.75 Å². The molecule has 25 heavy (non-hydrogen) atoms. The summed E-state index contributed by atoms with van der Waals surface area (Å²) in [4.78, 5) is 14.4. The predicted octanol–water partition coefficient (Wildman–Crippen LogP) is 4.04. The summed E-state index contributed by atoms with van der Waals surface area (Å²) in [6.45, 7) is 2.53. The number of amides is 1. The number of nitrogens with zero attached hydrogens (tertiary/aromatic N) is 3. The Labute approximate surface area is 157 Å². The van der Waals surface area contributed by atoms with Crippen molar-refractivity contribution in [1.29, 1.82) is 0 Å². The highest BCUT2D eigenvalue weighted by Crippen LogP contribution is 2.26. The maximum Gasteiger partial charge on any atom is 0.233 e. The van der Waals surface area contributed by atoms with Gasteiger partial charge in [-0.1, -0.05) is 72.7 Å². The Hall–Kier alpha value is -1.60. The third kappa shape index (κ3) is 6.01. The molecule has 0 radical (unpaired) electrons. The van der Waals surface area contributed by atoms with E-state index >= 15 is 0 Å². The zero-order valence-corrected chi connectivity index (χ0v) is 16.0. The highest BCUT2D eigenvalue weighted by molar-refractivity contribution is 8.01. The number of likely N-dealkylation sites (tertiary alicyclic amines) is 1. The maximum absolute atomic E-state index is 12.4. The van der Waals surface area contributed by atoms with Crippen molar-refractivity contribution < 1.29 is 4.79 Å². The number of carbonyl (C=O) groups excluding carboxylic acids is 1. The number of nitrogens with one attached hydrogen (secondary N) is 1. The molecular formula is C18H24N4OS2. The van der Waals surface area contributed by atoms with Crippen LogP contribution in [0.5, 0.6) is 0 Å². The summed E-state index contributed by atoms with van der Waals surface area (Å²) in [5.41, 5.74) is 1.21. The summed E-state index contributed by atoms with van der Waals surface area (Å²) in [6.07, 6.45) is 6.04. The van der Waals surface area contributed by atoms with E-state index in [2.05, 4.69) is 27.6 Å². The smallest absolute Gasteiger partial charge is 0.233 e. The molecule has 5 nitrogen and oxygen atoms in total. The van der Waals surface area contributed by atoms with E-state index in [-0.39, 0.29) is 5.91 Å². The van der Waals surface area contributed by atoms with Crippen molar-refractivity contribution in [2.75, 3.05) is 24.2 Å². The predicted molar refractivity (Wildman–Crippen MR) is 104 cm³/mol. The van der Waals surface area contributed by atoms with Gasteiger partial charge in [-0.2, -0.15) is 0 Å². The van der Waals surface area contributed by atoms with Crippen molar-refractivity contribution in [2.45, 2.75) is 43.0 Å². The Kier molecular flexibility index (Phi) is 7.11. The van der Waals surface area contributed by atoms with E-state index in [9.17, 15) is 4.79 Å². The van der Waals surface area contributed by atoms with Crippen LogP contribution in [0, 0.1) is 0 Å². The largest absolute Gasteiger partial charge is 0.356 e. The highest BCUT2D eigenvalue weighted by atomic mass is 32.2. The van der Waals surface area contributed by atoms with Crippen LogP contribution in [0.1, 0.15) is 37.7 Å². The van der Waals surface area contributed by atoms with Crippen LogP contribution < -0.4 is 5.32 Å². The molecular weight excluding hydrogens is 352 g/mol. The molecule has 2 heterocycles. The summed E-state index contributed by atoms with van der Waals surface area (Å²) in [6, 6.07) is 10.2. The molecule has 1 aliphatic rings. The minimum atomic E-state index is 0.223. The molecule has 0 saturated carbocycles. The minimum Gasteiger partial charge on any atom is -0.356 e. The standard InChI is InChI=1S/C18H24N4OS2/c23-16(22-11-7-2-1-3-8-12-22)14-24-18-21-20-17(25-18)19-13-15-9-5-4-6-10-15/h4-6,9-10H,1-3,7-8,11-14H2,(H,19,20). The Bertz CT molecular complexity index is 654. The van der Waals surface area contributed by atoms with Crippen LogP contribution in [0.4, 0.5) is 5.13 Å². The molecule has 0 atom stereocenters. The van der Waals surface area contributed by atoms with Gasteiger partial charge in [-0.25, -0.2) is 0 Å². The van der Waals surface area contributed by atoms with Gasteiger partial charge in [-0.05, 0) is 18.4 Å². The SMILES string of the molecule is O=C(CSc1nnc(NCc2ccccc2)s1)N1CCCCCCC1. The van der Waals surface area contributed by atoms with E-state index in [0.717, 1.165) is 41.9 Å². The fourth-order valence-electron chi connectivity index (χ4n) is 2.82. The molecule has 3 rings (SSSR count). The van der Waals surface area contributed by atoms with Gasteiger partial charge in [0.2, 0.25) is 11.0 Å². The Morgan fingerprint density at radius 3 is 2.56 bits per heavy atom. The molecule has 1 aromatic heterocycles. The van der Waals surface area contributed by atoms with Crippen LogP contribution in [0.3, 0.4) is 0 Å². The van der Waals surface area contributed by atoms with E-state index in [1.165, 1.54) is 47.9 Å². The van der Waals surface area contributed by atoms with Gasteiger partial charge in [-0.3, -0.25) is 4.79 Å². The van der Waals surface area contributed by atoms with E-state index in [4.69, 9.17) is 0 Å². The van der Waals surface area contributed by atoms with Gasteiger partial charge in [-0.15, -0.1) is 10.2 Å². The van der Waals surface area contributed by atoms with E-state index < -0.39 is 0 Å². The van der Waals surface area contributed by atoms with Crippen molar-refractivity contribution in [3.63, 3.8) is 0 Å². The van der Waals surface area contributed by atoms with Crippen LogP contribution in [0.15, 0.2) is 34.7 Å². The first-order valence-corrected chi connectivity index (χ1v) is 10.6. The number of aromatic nitrogens is 2. The molecule has 1 amide bonds. The van der Waals surface area contributed by atoms with Crippen molar-refractivity contribution in [3.05, 3.63) is 35.9 Å². The van der Waals surface area contributed by atoms with Gasteiger partial charge in [0, 0.05) is 19.6 Å². The van der Waals surface area contributed by atoms with Gasteiger partial charge in [0.1, 0.15) is 0 Å². The van der Waals surface area contributed by atoms with Crippen LogP contribution in [0.2, 0.25) is 0 Å². The number of benzene rings is 1. The monoisotopic (exact) mass is 376 g/mol. The first kappa shape index (κ1) is 18.2. The molecule has 1 saturated heterocycles. The molecule has 1 aromatic carbocycles. The van der Waals surface area contributed by atoms with Gasteiger partial charge < -0.3 is 10.2 Å². The second-order valence-corrected chi connectivity index (χ2v) is 8.35. The summed E-state index contributed by atoms with van der Waals surface area (Å²) in [5.74, 6) is 0.675. The van der Waals surface area contributed by atoms with Gasteiger partial charge >= 0.3 is 0 Å². The third-order valence-corrected chi connectivity index (χ3v) is 6.22. The Balaban J connectivity index is 1.43. The third-order valence-electron chi connectivity index (χ3n) is 4.22. The molecule has 1 fully saturated rings. The molecule has 1 aliphatic heterocycles. The maximum atomic E-state index is 12.4. The van der Waals surface area contributed by atoms with Crippen molar-refractivity contribution in [1.82, 2.24) is 15.1 Å². The summed E-state index contributed by atoms with van der Waals surface area (Å²) in [7, 11) is 0. The number of thioether (sulfide) groups is 1. The topological polar surface area (TPSA) is 58.1 Å². The average Bonchev–Trinajstić information content (AvgIpc) is 3.06. The van der Waals surface area contributed by atoms with Gasteiger partial charge in [0.15, 0.2) is 4.34 Å². The molecule has 0 aliphatic carbocycles. The fourth-order valence-corrected chi connectivity index (χ4v) is 4.48. The number of carbonyl (C=O) groups is 1. The lowest BCUT2D eigenvalue weighted by Gasteiger charge is -2.24. The van der Waals surface area contributed by atoms with E-state index in [0.29, 0.717) is 5.75 Å². The van der Waals surface area contributed by atoms with Crippen LogP contribution in [0.25, 0.3) is 0 Å². The van der Waals surface area contributed by atoms with Gasteiger partial charge in [0.25, 0.3) is 0 Å². The van der Waals surface area contributed by atoms with E-state index in [1.807, 2.05) is 23.1 Å². The molecule has 0 bridgehead atoms. The summed E-state index contributed by atoms with van der Waals surface area (Å²) < 4.78 is 0.843. The second kappa shape index (κ2) is 9.77. The number of hydrogen-bond donors (Lipinski definition) is 1. The second-order valence-electron chi connectivity index (χ2n) is 6.15. The zero-order chi connectivity index (χ0) is 17.3. The molecule has 0 unspecified atom stereocenters. The zero-order valence-electron chi connectivity index (χ0n) is 14.3. The van der Waals surface area contributed by atoms with Crippen molar-refractivity contribution in [3.8, 4) is 0 Å². The highest BCUT2D eigenvalue weighted by Gasteiger charge is 2.16. The normalized spacial score (nSPS) is 15.4. The first-order chi connectivity index (χ1) is 12.3. The number of anilines is 1. The Morgan fingerprint density at radius 1 is 1.08 bits per heavy atom. The number of hydrogen-bond acceptors (Lipinski definition) is 6. The van der Waals surface area contributed by atoms with Crippen LogP contribution in [-0.4, -0.2) is 39.8 Å². The van der Waals surface area contributed by atoms with E-state index in [1.54, 1.807) is 0 Å². The lowest BCUT2D eigenvalue weighted by molar-refractivity contribution is -0.128. The van der Waals surface area contributed by atoms with Crippen molar-refractivity contribution >= 4 is 34.1 Å². The van der Waals surface area contributed by atoms with Crippen LogP contribution >= 0.6 is 23.1 Å². The summed E-state index contributed by atoms with van der Waals surface area (Å²) >= 11 is 3.00. The minimum absolute atomic E-state index is 0.223. The quantitative estimate of drug-likeness (QED) is 0.771. The molecule has 1 N–H and O–H groups in total. The number of rotatable bonds is 6. The van der Waals surface area contributed by atoms with Crippen molar-refractivity contribution in [2.24, 2.45) is 0 Å². The lowest BCUT2D eigenvalue weighted by Crippen LogP contribution is -2.35.